The molecule has 2 N–H and O–H groups in total. The number of oxime groups is 1. The van der Waals surface area contributed by atoms with Crippen molar-refractivity contribution in [1.82, 2.24) is 5.32 Å². The maximum atomic E-state index is 12.7. The number of hydrogen-bond donors (Lipinski definition) is 3. The summed E-state index contributed by atoms with van der Waals surface area (Å²) in [7, 11) is 0. The highest BCUT2D eigenvalue weighted by atomic mass is 32.1. The van der Waals surface area contributed by atoms with Crippen LogP contribution in [0.5, 0.6) is 0 Å². The normalized spacial score (nSPS) is 11.3. The molecule has 0 radical (unpaired) electrons. The lowest BCUT2D eigenvalue weighted by Gasteiger charge is -2.05. The largest absolute Gasteiger partial charge is 0.410 e. The van der Waals surface area contributed by atoms with E-state index in [0.29, 0.717) is 17.9 Å². The van der Waals surface area contributed by atoms with Crippen molar-refractivity contribution in [3.63, 3.8) is 0 Å². The Morgan fingerprint density at radius 2 is 2.06 bits per heavy atom. The van der Waals surface area contributed by atoms with Gasteiger partial charge in [0, 0.05) is 12.1 Å². The average molecular weight is 256 g/mol. The number of nitrogens with zero attached hydrogens (tertiary/aromatic N) is 1. The van der Waals surface area contributed by atoms with Crippen molar-refractivity contribution in [1.29, 1.82) is 0 Å². The molecule has 0 bridgehead atoms. The highest BCUT2D eigenvalue weighted by Crippen LogP contribution is 2.04. The zero-order valence-corrected chi connectivity index (χ0v) is 9.95. The van der Waals surface area contributed by atoms with Crippen LogP contribution in [0, 0.1) is 5.82 Å². The molecular formula is C11H13FN2O2S. The minimum atomic E-state index is -0.499. The second-order valence-electron chi connectivity index (χ2n) is 3.29. The van der Waals surface area contributed by atoms with Crippen molar-refractivity contribution in [2.45, 2.75) is 6.42 Å². The first kappa shape index (κ1) is 13.5. The van der Waals surface area contributed by atoms with Gasteiger partial charge in [0.25, 0.3) is 5.91 Å². The fourth-order valence-corrected chi connectivity index (χ4v) is 1.36. The van der Waals surface area contributed by atoms with Crippen molar-refractivity contribution in [2.24, 2.45) is 5.16 Å². The van der Waals surface area contributed by atoms with E-state index in [1.165, 1.54) is 24.3 Å². The third kappa shape index (κ3) is 4.07. The van der Waals surface area contributed by atoms with Crippen LogP contribution in [-0.4, -0.2) is 29.1 Å². The number of benzene rings is 1. The molecule has 0 saturated carbocycles. The number of thiol groups is 1. The Bertz CT molecular complexity index is 406. The molecule has 0 spiro atoms. The summed E-state index contributed by atoms with van der Waals surface area (Å²) < 4.78 is 12.7. The second-order valence-corrected chi connectivity index (χ2v) is 3.74. The van der Waals surface area contributed by atoms with E-state index in [1.807, 2.05) is 0 Å². The molecule has 0 fully saturated rings. The van der Waals surface area contributed by atoms with Gasteiger partial charge in [-0.3, -0.25) is 4.79 Å². The number of nitrogens with one attached hydrogen (secondary N) is 1. The number of amides is 1. The zero-order valence-electron chi connectivity index (χ0n) is 9.06. The van der Waals surface area contributed by atoms with E-state index in [-0.39, 0.29) is 5.71 Å². The highest BCUT2D eigenvalue weighted by Gasteiger charge is 2.14. The van der Waals surface area contributed by atoms with Gasteiger partial charge in [0.15, 0.2) is 5.71 Å². The first-order chi connectivity index (χ1) is 8.19. The first-order valence-corrected chi connectivity index (χ1v) is 5.69. The summed E-state index contributed by atoms with van der Waals surface area (Å²) in [4.78, 5) is 11.6. The summed E-state index contributed by atoms with van der Waals surface area (Å²) >= 11 is 4.01. The van der Waals surface area contributed by atoms with Crippen molar-refractivity contribution < 1.29 is 14.4 Å². The summed E-state index contributed by atoms with van der Waals surface area (Å²) in [5.74, 6) is -0.259. The van der Waals surface area contributed by atoms with Gasteiger partial charge in [-0.25, -0.2) is 4.39 Å². The predicted molar refractivity (Wildman–Crippen MR) is 66.2 cm³/mol. The van der Waals surface area contributed by atoms with Gasteiger partial charge in [0.1, 0.15) is 5.82 Å². The Morgan fingerprint density at radius 3 is 2.59 bits per heavy atom. The molecule has 92 valence electrons. The summed E-state index contributed by atoms with van der Waals surface area (Å²) in [6.07, 6.45) is 0.719. The van der Waals surface area contributed by atoms with Gasteiger partial charge in [-0.05, 0) is 36.4 Å². The van der Waals surface area contributed by atoms with Crippen LogP contribution in [0.15, 0.2) is 29.4 Å². The average Bonchev–Trinajstić information content (AvgIpc) is 2.33. The van der Waals surface area contributed by atoms with Crippen LogP contribution in [0.4, 0.5) is 4.39 Å². The molecule has 17 heavy (non-hydrogen) atoms. The van der Waals surface area contributed by atoms with Crippen LogP contribution < -0.4 is 5.32 Å². The minimum Gasteiger partial charge on any atom is -0.410 e. The van der Waals surface area contributed by atoms with E-state index < -0.39 is 11.7 Å². The second kappa shape index (κ2) is 6.90. The molecule has 0 saturated heterocycles. The lowest BCUT2D eigenvalue weighted by Crippen LogP contribution is -2.32. The summed E-state index contributed by atoms with van der Waals surface area (Å²) in [5, 5.41) is 14.3. The molecule has 0 aliphatic carbocycles. The molecule has 1 amide bonds. The Hall–Kier alpha value is -1.56. The molecule has 1 aromatic carbocycles. The van der Waals surface area contributed by atoms with Gasteiger partial charge >= 0.3 is 0 Å². The number of hydrogen-bond acceptors (Lipinski definition) is 4. The maximum Gasteiger partial charge on any atom is 0.273 e. The molecule has 0 heterocycles. The Balaban J connectivity index is 2.72. The number of halogens is 1. The van der Waals surface area contributed by atoms with Crippen LogP contribution in [0.25, 0.3) is 0 Å². The lowest BCUT2D eigenvalue weighted by atomic mass is 10.1. The van der Waals surface area contributed by atoms with E-state index in [2.05, 4.69) is 23.1 Å². The molecule has 0 atom stereocenters. The van der Waals surface area contributed by atoms with Crippen LogP contribution in [-0.2, 0) is 4.79 Å². The Labute approximate surface area is 104 Å². The van der Waals surface area contributed by atoms with Crippen LogP contribution in [0.1, 0.15) is 12.0 Å². The lowest BCUT2D eigenvalue weighted by molar-refractivity contribution is -0.114. The fraction of sp³-hybridized carbons (Fsp3) is 0.273. The molecule has 0 unspecified atom stereocenters. The SMILES string of the molecule is O=C(NCCCS)/C(=N/O)c1ccc(F)cc1. The molecule has 0 aliphatic rings. The van der Waals surface area contributed by atoms with E-state index in [1.54, 1.807) is 0 Å². The smallest absolute Gasteiger partial charge is 0.273 e. The number of rotatable bonds is 5. The molecule has 1 aromatic rings. The van der Waals surface area contributed by atoms with Gasteiger partial charge in [0.05, 0.1) is 0 Å². The molecule has 1 rings (SSSR count). The molecule has 4 nitrogen and oxygen atoms in total. The van der Waals surface area contributed by atoms with Crippen LogP contribution in [0.3, 0.4) is 0 Å². The third-order valence-corrected chi connectivity index (χ3v) is 2.37. The summed E-state index contributed by atoms with van der Waals surface area (Å²) in [5.41, 5.74) is 0.224. The minimum absolute atomic E-state index is 0.135. The molecule has 6 heteroatoms. The van der Waals surface area contributed by atoms with Crippen molar-refractivity contribution in [2.75, 3.05) is 12.3 Å². The third-order valence-electron chi connectivity index (χ3n) is 2.05. The fourth-order valence-electron chi connectivity index (χ4n) is 1.21. The molecule has 0 aliphatic heterocycles. The van der Waals surface area contributed by atoms with E-state index in [4.69, 9.17) is 5.21 Å². The van der Waals surface area contributed by atoms with Crippen LogP contribution in [0.2, 0.25) is 0 Å². The summed E-state index contributed by atoms with van der Waals surface area (Å²) in [6, 6.07) is 5.15. The van der Waals surface area contributed by atoms with E-state index in [0.717, 1.165) is 6.42 Å². The quantitative estimate of drug-likeness (QED) is 0.245. The van der Waals surface area contributed by atoms with E-state index in [9.17, 15) is 9.18 Å². The monoisotopic (exact) mass is 256 g/mol. The predicted octanol–water partition coefficient (Wildman–Crippen LogP) is 1.44. The van der Waals surface area contributed by atoms with E-state index >= 15 is 0 Å². The van der Waals surface area contributed by atoms with Gasteiger partial charge in [-0.15, -0.1) is 0 Å². The van der Waals surface area contributed by atoms with Gasteiger partial charge in [-0.2, -0.15) is 12.6 Å². The number of carbonyl (C=O) groups excluding carboxylic acids is 1. The number of carbonyl (C=O) groups is 1. The topological polar surface area (TPSA) is 61.7 Å². The molecular weight excluding hydrogens is 243 g/mol. The Morgan fingerprint density at radius 1 is 1.41 bits per heavy atom. The van der Waals surface area contributed by atoms with Gasteiger partial charge in [0.2, 0.25) is 0 Å². The van der Waals surface area contributed by atoms with Crippen molar-refractivity contribution >= 4 is 24.2 Å². The molecule has 0 aromatic heterocycles. The Kier molecular flexibility index (Phi) is 5.48. The maximum absolute atomic E-state index is 12.7. The highest BCUT2D eigenvalue weighted by molar-refractivity contribution is 7.80. The van der Waals surface area contributed by atoms with Crippen LogP contribution >= 0.6 is 12.6 Å². The van der Waals surface area contributed by atoms with Gasteiger partial charge < -0.3 is 10.5 Å². The zero-order chi connectivity index (χ0) is 12.7. The van der Waals surface area contributed by atoms with Crippen molar-refractivity contribution in [3.8, 4) is 0 Å². The van der Waals surface area contributed by atoms with Crippen molar-refractivity contribution in [3.05, 3.63) is 35.6 Å². The first-order valence-electron chi connectivity index (χ1n) is 5.06. The van der Waals surface area contributed by atoms with Gasteiger partial charge in [-0.1, -0.05) is 5.16 Å². The summed E-state index contributed by atoms with van der Waals surface area (Å²) in [6.45, 7) is 0.447. The standard InChI is InChI=1S/C11H13FN2O2S/c12-9-4-2-8(3-5-9)10(14-16)11(15)13-6-1-7-17/h2-5,16-17H,1,6-7H2,(H,13,15)/b14-10+.